The van der Waals surface area contributed by atoms with Crippen molar-refractivity contribution in [2.24, 2.45) is 0 Å². The Kier molecular flexibility index (Phi) is 3.69. The van der Waals surface area contributed by atoms with E-state index in [0.29, 0.717) is 5.57 Å². The number of nitrogens with one attached hydrogen (secondary N) is 1. The van der Waals surface area contributed by atoms with Crippen LogP contribution in [-0.2, 0) is 4.79 Å². The minimum atomic E-state index is -0.339. The second-order valence-electron chi connectivity index (χ2n) is 6.30. The van der Waals surface area contributed by atoms with Gasteiger partial charge in [-0.1, -0.05) is 6.58 Å². The zero-order chi connectivity index (χ0) is 13.4. The van der Waals surface area contributed by atoms with Crippen molar-refractivity contribution in [1.29, 1.82) is 0 Å². The zero-order valence-corrected chi connectivity index (χ0v) is 11.5. The summed E-state index contributed by atoms with van der Waals surface area (Å²) in [5.41, 5.74) is -0.157. The number of hydrogen-bond donors (Lipinski definition) is 2. The molecular weight excluding hydrogens is 216 g/mol. The number of amides is 1. The molecule has 0 spiro atoms. The highest BCUT2D eigenvalue weighted by Gasteiger charge is 2.45. The normalized spacial score (nSPS) is 24.4. The third kappa shape index (κ3) is 3.07. The van der Waals surface area contributed by atoms with Gasteiger partial charge in [-0.2, -0.15) is 5.06 Å². The lowest BCUT2D eigenvalue weighted by Gasteiger charge is -2.51. The van der Waals surface area contributed by atoms with Crippen molar-refractivity contribution in [3.8, 4) is 0 Å². The maximum atomic E-state index is 11.6. The molecule has 1 aliphatic heterocycles. The van der Waals surface area contributed by atoms with Gasteiger partial charge in [0.2, 0.25) is 5.91 Å². The van der Waals surface area contributed by atoms with Gasteiger partial charge < -0.3 is 10.5 Å². The van der Waals surface area contributed by atoms with E-state index in [1.807, 2.05) is 27.7 Å². The van der Waals surface area contributed by atoms with Crippen LogP contribution in [-0.4, -0.2) is 33.3 Å². The molecule has 1 amide bonds. The van der Waals surface area contributed by atoms with Crippen LogP contribution >= 0.6 is 0 Å². The van der Waals surface area contributed by atoms with Crippen molar-refractivity contribution in [1.82, 2.24) is 10.4 Å². The first-order chi connectivity index (χ1) is 7.56. The number of carbonyl (C=O) groups is 1. The van der Waals surface area contributed by atoms with Gasteiger partial charge in [-0.15, -0.1) is 0 Å². The highest BCUT2D eigenvalue weighted by Crippen LogP contribution is 2.36. The van der Waals surface area contributed by atoms with Crippen molar-refractivity contribution in [3.05, 3.63) is 12.2 Å². The summed E-state index contributed by atoms with van der Waals surface area (Å²) >= 11 is 0. The molecule has 1 aliphatic rings. The van der Waals surface area contributed by atoms with E-state index in [1.54, 1.807) is 6.92 Å². The summed E-state index contributed by atoms with van der Waals surface area (Å²) < 4.78 is 0. The van der Waals surface area contributed by atoms with Crippen LogP contribution < -0.4 is 5.32 Å². The first-order valence-corrected chi connectivity index (χ1v) is 6.02. The molecule has 0 aromatic heterocycles. The van der Waals surface area contributed by atoms with Gasteiger partial charge in [0.15, 0.2) is 0 Å². The van der Waals surface area contributed by atoms with Gasteiger partial charge in [0.05, 0.1) is 0 Å². The predicted octanol–water partition coefficient (Wildman–Crippen LogP) is 2.09. The average molecular weight is 240 g/mol. The number of carbonyl (C=O) groups excluding carboxylic acids is 1. The summed E-state index contributed by atoms with van der Waals surface area (Å²) in [6.07, 6.45) is 1.46. The molecule has 1 saturated heterocycles. The lowest BCUT2D eigenvalue weighted by Crippen LogP contribution is -2.63. The monoisotopic (exact) mass is 240 g/mol. The molecule has 1 rings (SSSR count). The molecule has 0 radical (unpaired) electrons. The number of hydrogen-bond acceptors (Lipinski definition) is 3. The van der Waals surface area contributed by atoms with E-state index >= 15 is 0 Å². The Morgan fingerprint density at radius 2 is 1.71 bits per heavy atom. The highest BCUT2D eigenvalue weighted by molar-refractivity contribution is 5.92. The van der Waals surface area contributed by atoms with Crippen LogP contribution in [0.15, 0.2) is 12.2 Å². The fourth-order valence-electron chi connectivity index (χ4n) is 2.68. The summed E-state index contributed by atoms with van der Waals surface area (Å²) in [6, 6.07) is 0.0765. The molecule has 0 unspecified atom stereocenters. The van der Waals surface area contributed by atoms with Gasteiger partial charge in [-0.05, 0) is 47.5 Å². The van der Waals surface area contributed by atoms with E-state index in [1.165, 1.54) is 5.06 Å². The fraction of sp³-hybridized carbons (Fsp3) is 0.769. The molecule has 0 aromatic rings. The standard InChI is InChI=1S/C13H24N2O2/c1-9(2)11(16)14-10-7-12(3,4)15(17)13(5,6)8-10/h10,17H,1,7-8H2,2-6H3,(H,14,16). The fourth-order valence-corrected chi connectivity index (χ4v) is 2.68. The van der Waals surface area contributed by atoms with Gasteiger partial charge in [-0.3, -0.25) is 4.79 Å². The second-order valence-corrected chi connectivity index (χ2v) is 6.30. The van der Waals surface area contributed by atoms with E-state index in [-0.39, 0.29) is 23.0 Å². The molecule has 0 saturated carbocycles. The SMILES string of the molecule is C=C(C)C(=O)NC1CC(C)(C)N(O)C(C)(C)C1. The van der Waals surface area contributed by atoms with Gasteiger partial charge in [0, 0.05) is 22.7 Å². The number of rotatable bonds is 2. The third-order valence-electron chi connectivity index (χ3n) is 3.36. The Balaban J connectivity index is 2.78. The maximum Gasteiger partial charge on any atom is 0.246 e. The largest absolute Gasteiger partial charge is 0.349 e. The summed E-state index contributed by atoms with van der Waals surface area (Å²) in [4.78, 5) is 11.6. The molecule has 0 atom stereocenters. The van der Waals surface area contributed by atoms with Crippen molar-refractivity contribution in [3.63, 3.8) is 0 Å². The Labute approximate surface area is 104 Å². The lowest BCUT2D eigenvalue weighted by molar-refractivity contribution is -0.246. The summed E-state index contributed by atoms with van der Waals surface area (Å²) in [6.45, 7) is 13.3. The minimum absolute atomic E-state index is 0.0765. The first-order valence-electron chi connectivity index (χ1n) is 6.02. The van der Waals surface area contributed by atoms with Crippen LogP contribution in [0.3, 0.4) is 0 Å². The number of hydroxylamine groups is 2. The predicted molar refractivity (Wildman–Crippen MR) is 67.8 cm³/mol. The second kappa shape index (κ2) is 4.42. The van der Waals surface area contributed by atoms with Crippen LogP contribution in [0.4, 0.5) is 0 Å². The van der Waals surface area contributed by atoms with E-state index in [0.717, 1.165) is 12.8 Å². The van der Waals surface area contributed by atoms with Crippen molar-refractivity contribution < 1.29 is 10.0 Å². The van der Waals surface area contributed by atoms with Crippen molar-refractivity contribution >= 4 is 5.91 Å². The molecule has 0 aliphatic carbocycles. The van der Waals surface area contributed by atoms with Crippen LogP contribution in [0.5, 0.6) is 0 Å². The lowest BCUT2D eigenvalue weighted by atomic mass is 9.79. The maximum absolute atomic E-state index is 11.6. The van der Waals surface area contributed by atoms with E-state index in [2.05, 4.69) is 11.9 Å². The summed E-state index contributed by atoms with van der Waals surface area (Å²) in [5.74, 6) is -0.104. The first kappa shape index (κ1) is 14.2. The topological polar surface area (TPSA) is 52.6 Å². The quantitative estimate of drug-likeness (QED) is 0.727. The Bertz CT molecular complexity index is 316. The zero-order valence-electron chi connectivity index (χ0n) is 11.5. The summed E-state index contributed by atoms with van der Waals surface area (Å²) in [7, 11) is 0. The van der Waals surface area contributed by atoms with Crippen LogP contribution in [0.2, 0.25) is 0 Å². The van der Waals surface area contributed by atoms with E-state index < -0.39 is 0 Å². The van der Waals surface area contributed by atoms with Crippen molar-refractivity contribution in [2.45, 2.75) is 64.6 Å². The Hall–Kier alpha value is -0.870. The van der Waals surface area contributed by atoms with Gasteiger partial charge in [0.25, 0.3) is 0 Å². The molecule has 4 heteroatoms. The van der Waals surface area contributed by atoms with Crippen LogP contribution in [0.1, 0.15) is 47.5 Å². The Morgan fingerprint density at radius 3 is 2.06 bits per heavy atom. The smallest absolute Gasteiger partial charge is 0.246 e. The molecular formula is C13H24N2O2. The molecule has 0 bridgehead atoms. The Morgan fingerprint density at radius 1 is 1.29 bits per heavy atom. The van der Waals surface area contributed by atoms with Crippen LogP contribution in [0, 0.1) is 0 Å². The highest BCUT2D eigenvalue weighted by atomic mass is 16.5. The van der Waals surface area contributed by atoms with E-state index in [4.69, 9.17) is 0 Å². The average Bonchev–Trinajstić information content (AvgIpc) is 2.12. The van der Waals surface area contributed by atoms with Crippen molar-refractivity contribution in [2.75, 3.05) is 0 Å². The molecule has 2 N–H and O–H groups in total. The molecule has 1 heterocycles. The van der Waals surface area contributed by atoms with Crippen LogP contribution in [0.25, 0.3) is 0 Å². The molecule has 17 heavy (non-hydrogen) atoms. The molecule has 1 fully saturated rings. The van der Waals surface area contributed by atoms with E-state index in [9.17, 15) is 10.0 Å². The number of nitrogens with zero attached hydrogens (tertiary/aromatic N) is 1. The minimum Gasteiger partial charge on any atom is -0.349 e. The van der Waals surface area contributed by atoms with Gasteiger partial charge in [-0.25, -0.2) is 0 Å². The molecule has 4 nitrogen and oxygen atoms in total. The van der Waals surface area contributed by atoms with Gasteiger partial charge in [0.1, 0.15) is 0 Å². The third-order valence-corrected chi connectivity index (χ3v) is 3.36. The summed E-state index contributed by atoms with van der Waals surface area (Å²) in [5, 5.41) is 14.5. The van der Waals surface area contributed by atoms with Gasteiger partial charge >= 0.3 is 0 Å². The molecule has 98 valence electrons. The molecule has 0 aromatic carbocycles. The number of piperidine rings is 1.